The zero-order chi connectivity index (χ0) is 29.7. The molecule has 1 heterocycles. The van der Waals surface area contributed by atoms with Gasteiger partial charge in [-0.25, -0.2) is 15.0 Å². The summed E-state index contributed by atoms with van der Waals surface area (Å²) >= 11 is 0. The Hall–Kier alpha value is -3.32. The van der Waals surface area contributed by atoms with Crippen LogP contribution in [0.5, 0.6) is 0 Å². The highest BCUT2D eigenvalue weighted by Crippen LogP contribution is 2.32. The lowest BCUT2D eigenvalue weighted by atomic mass is 9.86. The molecule has 2 aromatic carbocycles. The molecule has 7 heteroatoms. The van der Waals surface area contributed by atoms with E-state index in [9.17, 15) is 9.59 Å². The first-order valence-electron chi connectivity index (χ1n) is 14.4. The van der Waals surface area contributed by atoms with Gasteiger partial charge >= 0.3 is 11.9 Å². The standard InChI is InChI=1S/C33H48N3O4/c1-10-11-12-13-24(2)36(34-27-18-20-28(21-19-27)35(8)9,22-25-14-16-26(17-15-25)32(3,4)5)23-29-30(37)39-33(6,7)40-31(29)38/h14-21,23-24,34H,10-13,22H2,1-9H3/q+1. The van der Waals surface area contributed by atoms with Crippen molar-refractivity contribution in [3.05, 3.63) is 71.4 Å². The summed E-state index contributed by atoms with van der Waals surface area (Å²) < 4.78 is 11.1. The summed E-state index contributed by atoms with van der Waals surface area (Å²) in [7, 11) is 4.01. The molecule has 0 radical (unpaired) electrons. The maximum Gasteiger partial charge on any atom is 0.354 e. The van der Waals surface area contributed by atoms with Crippen LogP contribution in [0.15, 0.2) is 60.3 Å². The van der Waals surface area contributed by atoms with E-state index in [-0.39, 0.29) is 21.6 Å². The van der Waals surface area contributed by atoms with E-state index >= 15 is 0 Å². The molecule has 3 rings (SSSR count). The molecule has 1 aliphatic rings. The van der Waals surface area contributed by atoms with Gasteiger partial charge in [-0.2, -0.15) is 4.59 Å². The van der Waals surface area contributed by atoms with Gasteiger partial charge in [0.05, 0.1) is 5.69 Å². The Kier molecular flexibility index (Phi) is 9.72. The molecule has 1 fully saturated rings. The van der Waals surface area contributed by atoms with E-state index in [0.29, 0.717) is 6.54 Å². The van der Waals surface area contributed by atoms with E-state index < -0.39 is 17.7 Å². The first-order chi connectivity index (χ1) is 18.7. The first kappa shape index (κ1) is 31.2. The quantitative estimate of drug-likeness (QED) is 0.0805. The molecular weight excluding hydrogens is 502 g/mol. The molecule has 1 saturated heterocycles. The molecule has 2 aromatic rings. The number of quaternary nitrogens is 1. The van der Waals surface area contributed by atoms with E-state index in [2.05, 4.69) is 76.4 Å². The molecule has 0 aliphatic carbocycles. The summed E-state index contributed by atoms with van der Waals surface area (Å²) in [5, 5.41) is 0. The van der Waals surface area contributed by atoms with Crippen LogP contribution in [0.1, 0.15) is 85.3 Å². The molecule has 0 amide bonds. The number of anilines is 2. The molecule has 0 aromatic heterocycles. The van der Waals surface area contributed by atoms with Crippen LogP contribution >= 0.6 is 0 Å². The van der Waals surface area contributed by atoms with Crippen LogP contribution in [0.25, 0.3) is 0 Å². The van der Waals surface area contributed by atoms with Gasteiger partial charge in [0.15, 0.2) is 5.57 Å². The van der Waals surface area contributed by atoms with E-state index in [1.54, 1.807) is 20.0 Å². The molecule has 40 heavy (non-hydrogen) atoms. The smallest absolute Gasteiger partial charge is 0.354 e. The Morgan fingerprint density at radius 3 is 2.02 bits per heavy atom. The van der Waals surface area contributed by atoms with Gasteiger partial charge in [-0.15, -0.1) is 0 Å². The van der Waals surface area contributed by atoms with Crippen LogP contribution in [0.2, 0.25) is 0 Å². The average molecular weight is 551 g/mol. The number of carbonyl (C=O) groups excluding carboxylic acids is 2. The highest BCUT2D eigenvalue weighted by molar-refractivity contribution is 6.15. The number of nitrogens with zero attached hydrogens (tertiary/aromatic N) is 2. The molecule has 2 unspecified atom stereocenters. The van der Waals surface area contributed by atoms with Gasteiger partial charge in [0, 0.05) is 45.6 Å². The number of esters is 2. The molecule has 1 N–H and O–H groups in total. The monoisotopic (exact) mass is 550 g/mol. The number of unbranched alkanes of at least 4 members (excludes halogenated alkanes) is 2. The van der Waals surface area contributed by atoms with E-state index in [1.807, 2.05) is 31.1 Å². The largest absolute Gasteiger partial charge is 0.419 e. The minimum atomic E-state index is -1.30. The third-order valence-corrected chi connectivity index (χ3v) is 7.47. The van der Waals surface area contributed by atoms with Crippen molar-refractivity contribution in [2.24, 2.45) is 0 Å². The summed E-state index contributed by atoms with van der Waals surface area (Å²) in [6.07, 6.45) is 5.86. The van der Waals surface area contributed by atoms with Gasteiger partial charge in [0.2, 0.25) is 0 Å². The van der Waals surface area contributed by atoms with Crippen molar-refractivity contribution in [1.29, 1.82) is 0 Å². The van der Waals surface area contributed by atoms with Crippen molar-refractivity contribution in [3.63, 3.8) is 0 Å². The van der Waals surface area contributed by atoms with Gasteiger partial charge in [-0.3, -0.25) is 0 Å². The van der Waals surface area contributed by atoms with Crippen molar-refractivity contribution in [3.8, 4) is 0 Å². The lowest BCUT2D eigenvalue weighted by Gasteiger charge is -2.41. The number of hydrogen-bond acceptors (Lipinski definition) is 6. The second kappa shape index (κ2) is 12.5. The average Bonchev–Trinajstić information content (AvgIpc) is 2.85. The molecule has 2 atom stereocenters. The van der Waals surface area contributed by atoms with Crippen molar-refractivity contribution in [2.45, 2.75) is 97.9 Å². The fraction of sp³-hybridized carbons (Fsp3) is 0.515. The van der Waals surface area contributed by atoms with Crippen molar-refractivity contribution >= 4 is 23.3 Å². The van der Waals surface area contributed by atoms with Crippen molar-refractivity contribution in [1.82, 2.24) is 0 Å². The summed E-state index contributed by atoms with van der Waals surface area (Å²) in [4.78, 5) is 28.3. The normalized spacial score (nSPS) is 17.4. The number of nitrogens with one attached hydrogen (secondary N) is 1. The zero-order valence-corrected chi connectivity index (χ0v) is 25.8. The van der Waals surface area contributed by atoms with E-state index in [1.165, 1.54) is 5.56 Å². The maximum absolute atomic E-state index is 13.1. The summed E-state index contributed by atoms with van der Waals surface area (Å²) in [6.45, 7) is 14.6. The van der Waals surface area contributed by atoms with Crippen LogP contribution < -0.4 is 10.3 Å². The molecule has 1 aliphatic heterocycles. The van der Waals surface area contributed by atoms with Crippen LogP contribution in [0.3, 0.4) is 0 Å². The minimum Gasteiger partial charge on any atom is -0.419 e. The second-order valence-corrected chi connectivity index (χ2v) is 12.7. The molecule has 7 nitrogen and oxygen atoms in total. The van der Waals surface area contributed by atoms with Gasteiger partial charge in [-0.05, 0) is 48.6 Å². The number of ether oxygens (including phenoxy) is 2. The third-order valence-electron chi connectivity index (χ3n) is 7.47. The van der Waals surface area contributed by atoms with E-state index in [0.717, 1.165) is 42.6 Å². The Bertz CT molecular complexity index is 1170. The Labute approximate surface area is 240 Å². The fourth-order valence-electron chi connectivity index (χ4n) is 4.91. The number of rotatable bonds is 11. The van der Waals surface area contributed by atoms with Crippen LogP contribution in [-0.4, -0.2) is 42.5 Å². The molecule has 218 valence electrons. The first-order valence-corrected chi connectivity index (χ1v) is 14.4. The second-order valence-electron chi connectivity index (χ2n) is 12.7. The highest BCUT2D eigenvalue weighted by Gasteiger charge is 2.44. The molecule has 0 saturated carbocycles. The number of hydrogen-bond donors (Lipinski definition) is 1. The molecule has 0 bridgehead atoms. The van der Waals surface area contributed by atoms with Crippen molar-refractivity contribution < 1.29 is 23.7 Å². The maximum atomic E-state index is 13.1. The lowest BCUT2D eigenvalue weighted by molar-refractivity contribution is -0.895. The Morgan fingerprint density at radius 1 is 0.950 bits per heavy atom. The van der Waals surface area contributed by atoms with Crippen LogP contribution in [0.4, 0.5) is 11.4 Å². The van der Waals surface area contributed by atoms with E-state index in [4.69, 9.17) is 9.47 Å². The van der Waals surface area contributed by atoms with Gasteiger partial charge in [0.1, 0.15) is 18.8 Å². The topological polar surface area (TPSA) is 67.9 Å². The SMILES string of the molecule is CCCCCC(C)[N+](C=C1C(=O)OC(C)(C)OC1=O)(Cc1ccc(C(C)(C)C)cc1)Nc1ccc(N(C)C)cc1. The lowest BCUT2D eigenvalue weighted by Crippen LogP contribution is -2.55. The predicted octanol–water partition coefficient (Wildman–Crippen LogP) is 7.08. The number of benzene rings is 2. The molecule has 0 spiro atoms. The number of carbonyl (C=O) groups is 2. The Morgan fingerprint density at radius 2 is 1.52 bits per heavy atom. The third kappa shape index (κ3) is 7.87. The van der Waals surface area contributed by atoms with Crippen molar-refractivity contribution in [2.75, 3.05) is 24.4 Å². The minimum absolute atomic E-state index is 0.0189. The summed E-state index contributed by atoms with van der Waals surface area (Å²) in [5.74, 6) is -2.64. The number of cyclic esters (lactones) is 2. The van der Waals surface area contributed by atoms with Gasteiger partial charge in [0.25, 0.3) is 5.79 Å². The van der Waals surface area contributed by atoms with Crippen LogP contribution in [0, 0.1) is 0 Å². The predicted molar refractivity (Wildman–Crippen MR) is 161 cm³/mol. The fourth-order valence-corrected chi connectivity index (χ4v) is 4.91. The van der Waals surface area contributed by atoms with Gasteiger partial charge in [-0.1, -0.05) is 64.8 Å². The van der Waals surface area contributed by atoms with Crippen LogP contribution in [-0.2, 0) is 31.0 Å². The summed E-state index contributed by atoms with van der Waals surface area (Å²) in [5.41, 5.74) is 7.96. The highest BCUT2D eigenvalue weighted by atomic mass is 16.7. The summed E-state index contributed by atoms with van der Waals surface area (Å²) in [6, 6.07) is 16.8. The molecular formula is C33H48N3O4+. The Balaban J connectivity index is 2.14. The zero-order valence-electron chi connectivity index (χ0n) is 25.8. The van der Waals surface area contributed by atoms with Gasteiger partial charge < -0.3 is 14.4 Å².